The highest BCUT2D eigenvalue weighted by Gasteiger charge is 2.23. The molecule has 0 saturated carbocycles. The minimum absolute atomic E-state index is 0.0726. The second-order valence-electron chi connectivity index (χ2n) is 4.49. The molecular weight excluding hydrogens is 210 g/mol. The van der Waals surface area contributed by atoms with E-state index in [2.05, 4.69) is 0 Å². The Labute approximate surface area is 102 Å². The fourth-order valence-corrected chi connectivity index (χ4v) is 1.94. The highest BCUT2D eigenvalue weighted by Crippen LogP contribution is 2.29. The minimum atomic E-state index is -0.716. The van der Waals surface area contributed by atoms with Crippen LogP contribution in [0.1, 0.15) is 12.5 Å². The van der Waals surface area contributed by atoms with Crippen LogP contribution in [-0.2, 0) is 5.54 Å². The van der Waals surface area contributed by atoms with Crippen molar-refractivity contribution in [2.24, 2.45) is 5.73 Å². The van der Waals surface area contributed by atoms with Gasteiger partial charge < -0.3 is 10.8 Å². The van der Waals surface area contributed by atoms with Gasteiger partial charge in [0.15, 0.2) is 0 Å². The molecule has 2 rings (SSSR count). The van der Waals surface area contributed by atoms with E-state index in [-0.39, 0.29) is 6.61 Å². The first-order valence-electron chi connectivity index (χ1n) is 5.70. The number of benzene rings is 2. The molecule has 0 amide bonds. The Bertz CT molecular complexity index is 491. The van der Waals surface area contributed by atoms with Crippen molar-refractivity contribution in [3.05, 3.63) is 60.2 Å². The fraction of sp³-hybridized carbons (Fsp3) is 0.200. The number of aliphatic hydroxyl groups is 1. The topological polar surface area (TPSA) is 46.2 Å². The van der Waals surface area contributed by atoms with Crippen molar-refractivity contribution >= 4 is 0 Å². The number of rotatable bonds is 3. The van der Waals surface area contributed by atoms with Crippen molar-refractivity contribution in [2.45, 2.75) is 12.5 Å². The van der Waals surface area contributed by atoms with Crippen LogP contribution in [0.15, 0.2) is 54.6 Å². The third kappa shape index (κ3) is 2.38. The molecule has 1 unspecified atom stereocenters. The van der Waals surface area contributed by atoms with E-state index in [1.165, 1.54) is 0 Å². The molecule has 0 aliphatic heterocycles. The summed E-state index contributed by atoms with van der Waals surface area (Å²) < 4.78 is 0. The molecule has 0 aliphatic carbocycles. The monoisotopic (exact) mass is 227 g/mol. The molecular formula is C15H17NO. The molecule has 0 aliphatic rings. The summed E-state index contributed by atoms with van der Waals surface area (Å²) in [4.78, 5) is 0. The summed E-state index contributed by atoms with van der Waals surface area (Å²) in [6.07, 6.45) is 0. The molecule has 17 heavy (non-hydrogen) atoms. The zero-order chi connectivity index (χ0) is 12.3. The number of hydrogen-bond acceptors (Lipinski definition) is 2. The molecule has 2 heteroatoms. The van der Waals surface area contributed by atoms with Gasteiger partial charge in [0.2, 0.25) is 0 Å². The highest BCUT2D eigenvalue weighted by atomic mass is 16.3. The van der Waals surface area contributed by atoms with Crippen LogP contribution in [0.25, 0.3) is 11.1 Å². The normalized spacial score (nSPS) is 14.3. The highest BCUT2D eigenvalue weighted by molar-refractivity contribution is 5.68. The predicted octanol–water partition coefficient (Wildman–Crippen LogP) is 2.52. The standard InChI is InChI=1S/C15H17NO/c1-15(16,11-17)14-10-6-5-9-13(14)12-7-3-2-4-8-12/h2-10,17H,11,16H2,1H3. The van der Waals surface area contributed by atoms with Crippen LogP contribution in [0.2, 0.25) is 0 Å². The average Bonchev–Trinajstić information content (AvgIpc) is 2.40. The van der Waals surface area contributed by atoms with E-state index in [4.69, 9.17) is 5.73 Å². The lowest BCUT2D eigenvalue weighted by molar-refractivity contribution is 0.210. The zero-order valence-corrected chi connectivity index (χ0v) is 9.93. The smallest absolute Gasteiger partial charge is 0.0650 e. The van der Waals surface area contributed by atoms with Crippen molar-refractivity contribution in [1.82, 2.24) is 0 Å². The van der Waals surface area contributed by atoms with Crippen LogP contribution in [0, 0.1) is 0 Å². The van der Waals surface area contributed by atoms with E-state index >= 15 is 0 Å². The molecule has 0 radical (unpaired) electrons. The van der Waals surface area contributed by atoms with Crippen molar-refractivity contribution < 1.29 is 5.11 Å². The van der Waals surface area contributed by atoms with Gasteiger partial charge in [-0.15, -0.1) is 0 Å². The van der Waals surface area contributed by atoms with Gasteiger partial charge >= 0.3 is 0 Å². The van der Waals surface area contributed by atoms with Crippen LogP contribution in [0.3, 0.4) is 0 Å². The fourth-order valence-electron chi connectivity index (χ4n) is 1.94. The van der Waals surface area contributed by atoms with Gasteiger partial charge in [0.25, 0.3) is 0 Å². The van der Waals surface area contributed by atoms with E-state index in [1.54, 1.807) is 0 Å². The Hall–Kier alpha value is -1.64. The summed E-state index contributed by atoms with van der Waals surface area (Å²) in [6, 6.07) is 18.0. The lowest BCUT2D eigenvalue weighted by atomic mass is 9.87. The van der Waals surface area contributed by atoms with Gasteiger partial charge in [-0.25, -0.2) is 0 Å². The predicted molar refractivity (Wildman–Crippen MR) is 70.5 cm³/mol. The van der Waals surface area contributed by atoms with E-state index in [0.29, 0.717) is 0 Å². The average molecular weight is 227 g/mol. The van der Waals surface area contributed by atoms with E-state index in [9.17, 15) is 5.11 Å². The Kier molecular flexibility index (Phi) is 3.27. The molecule has 0 saturated heterocycles. The molecule has 2 aromatic rings. The summed E-state index contributed by atoms with van der Waals surface area (Å²) in [6.45, 7) is 1.77. The summed E-state index contributed by atoms with van der Waals surface area (Å²) >= 11 is 0. The second-order valence-corrected chi connectivity index (χ2v) is 4.49. The Morgan fingerprint density at radius 2 is 1.59 bits per heavy atom. The first kappa shape index (κ1) is 11.8. The quantitative estimate of drug-likeness (QED) is 0.846. The lowest BCUT2D eigenvalue weighted by Crippen LogP contribution is -2.37. The van der Waals surface area contributed by atoms with Gasteiger partial charge in [-0.1, -0.05) is 54.6 Å². The summed E-state index contributed by atoms with van der Waals surface area (Å²) in [5, 5.41) is 9.39. The number of nitrogens with two attached hydrogens (primary N) is 1. The largest absolute Gasteiger partial charge is 0.394 e. The molecule has 0 heterocycles. The second kappa shape index (κ2) is 4.70. The number of aliphatic hydroxyl groups excluding tert-OH is 1. The Morgan fingerprint density at radius 3 is 2.24 bits per heavy atom. The summed E-state index contributed by atoms with van der Waals surface area (Å²) in [7, 11) is 0. The Morgan fingerprint density at radius 1 is 1.00 bits per heavy atom. The first-order chi connectivity index (χ1) is 8.15. The maximum absolute atomic E-state index is 9.39. The maximum atomic E-state index is 9.39. The van der Waals surface area contributed by atoms with Crippen LogP contribution in [0.5, 0.6) is 0 Å². The number of hydrogen-bond donors (Lipinski definition) is 2. The van der Waals surface area contributed by atoms with E-state index in [0.717, 1.165) is 16.7 Å². The van der Waals surface area contributed by atoms with Gasteiger partial charge in [0.1, 0.15) is 0 Å². The van der Waals surface area contributed by atoms with Gasteiger partial charge in [0, 0.05) is 0 Å². The van der Waals surface area contributed by atoms with Crippen molar-refractivity contribution in [3.63, 3.8) is 0 Å². The van der Waals surface area contributed by atoms with Gasteiger partial charge in [-0.05, 0) is 23.6 Å². The SMILES string of the molecule is CC(N)(CO)c1ccccc1-c1ccccc1. The molecule has 1 atom stereocenters. The van der Waals surface area contributed by atoms with Crippen LogP contribution in [0.4, 0.5) is 0 Å². The van der Waals surface area contributed by atoms with Crippen LogP contribution in [-0.4, -0.2) is 11.7 Å². The van der Waals surface area contributed by atoms with Crippen LogP contribution < -0.4 is 5.73 Å². The van der Waals surface area contributed by atoms with Gasteiger partial charge in [-0.3, -0.25) is 0 Å². The molecule has 2 nitrogen and oxygen atoms in total. The summed E-state index contributed by atoms with van der Waals surface area (Å²) in [5.74, 6) is 0. The molecule has 0 spiro atoms. The third-order valence-electron chi connectivity index (χ3n) is 2.96. The first-order valence-corrected chi connectivity index (χ1v) is 5.70. The lowest BCUT2D eigenvalue weighted by Gasteiger charge is -2.25. The molecule has 3 N–H and O–H groups in total. The minimum Gasteiger partial charge on any atom is -0.394 e. The molecule has 88 valence electrons. The van der Waals surface area contributed by atoms with E-state index in [1.807, 2.05) is 61.5 Å². The third-order valence-corrected chi connectivity index (χ3v) is 2.96. The van der Waals surface area contributed by atoms with Crippen molar-refractivity contribution in [1.29, 1.82) is 0 Å². The van der Waals surface area contributed by atoms with E-state index < -0.39 is 5.54 Å². The maximum Gasteiger partial charge on any atom is 0.0650 e. The van der Waals surface area contributed by atoms with Crippen molar-refractivity contribution in [2.75, 3.05) is 6.61 Å². The zero-order valence-electron chi connectivity index (χ0n) is 9.93. The van der Waals surface area contributed by atoms with Crippen molar-refractivity contribution in [3.8, 4) is 11.1 Å². The molecule has 2 aromatic carbocycles. The van der Waals surface area contributed by atoms with Gasteiger partial charge in [-0.2, -0.15) is 0 Å². The summed E-state index contributed by atoms with van der Waals surface area (Å²) in [5.41, 5.74) is 8.57. The molecule has 0 fully saturated rings. The Balaban J connectivity index is 2.56. The molecule has 0 aromatic heterocycles. The molecule has 0 bridgehead atoms. The van der Waals surface area contributed by atoms with Crippen LogP contribution >= 0.6 is 0 Å². The van der Waals surface area contributed by atoms with Gasteiger partial charge in [0.05, 0.1) is 12.1 Å².